The molecule has 5 heteroatoms. The van der Waals surface area contributed by atoms with E-state index < -0.39 is 0 Å². The zero-order valence-electron chi connectivity index (χ0n) is 10.3. The third kappa shape index (κ3) is 5.86. The van der Waals surface area contributed by atoms with Gasteiger partial charge in [-0.25, -0.2) is 4.98 Å². The lowest BCUT2D eigenvalue weighted by atomic mass is 10.3. The van der Waals surface area contributed by atoms with Gasteiger partial charge in [-0.2, -0.15) is 0 Å². The number of ether oxygens (including phenoxy) is 1. The number of pyridine rings is 1. The normalized spacial score (nSPS) is 12.6. The number of aromatic nitrogens is 1. The number of thioether (sulfide) groups is 1. The lowest BCUT2D eigenvalue weighted by molar-refractivity contribution is 0.174. The Balaban J connectivity index is 2.42. The second-order valence-corrected chi connectivity index (χ2v) is 5.57. The van der Waals surface area contributed by atoms with E-state index in [0.717, 1.165) is 34.8 Å². The van der Waals surface area contributed by atoms with Crippen LogP contribution in [0.3, 0.4) is 0 Å². The third-order valence-electron chi connectivity index (χ3n) is 2.20. The van der Waals surface area contributed by atoms with Gasteiger partial charge in [-0.1, -0.05) is 6.92 Å². The fourth-order valence-corrected chi connectivity index (χ4v) is 2.89. The molecule has 0 amide bonds. The summed E-state index contributed by atoms with van der Waals surface area (Å²) in [7, 11) is 1.74. The van der Waals surface area contributed by atoms with Gasteiger partial charge in [0.2, 0.25) is 0 Å². The van der Waals surface area contributed by atoms with Gasteiger partial charge >= 0.3 is 0 Å². The summed E-state index contributed by atoms with van der Waals surface area (Å²) in [5, 5.41) is 4.51. The summed E-state index contributed by atoms with van der Waals surface area (Å²) in [5.74, 6) is 0.962. The monoisotopic (exact) mass is 318 g/mol. The Morgan fingerprint density at radius 3 is 3.06 bits per heavy atom. The Morgan fingerprint density at radius 2 is 2.41 bits per heavy atom. The van der Waals surface area contributed by atoms with Gasteiger partial charge < -0.3 is 10.1 Å². The summed E-state index contributed by atoms with van der Waals surface area (Å²) in [6.45, 7) is 3.93. The standard InChI is InChI=1S/C12H19BrN2OS/c1-3-6-14-10(8-16-2)9-17-12-11(13)5-4-7-15-12/h4-5,7,10,14H,3,6,8-9H2,1-2H3. The summed E-state index contributed by atoms with van der Waals surface area (Å²) in [6.07, 6.45) is 2.95. The van der Waals surface area contributed by atoms with Crippen molar-refractivity contribution < 1.29 is 4.74 Å². The van der Waals surface area contributed by atoms with E-state index in [2.05, 4.69) is 33.2 Å². The summed E-state index contributed by atoms with van der Waals surface area (Å²) in [5.41, 5.74) is 0. The number of hydrogen-bond donors (Lipinski definition) is 1. The van der Waals surface area contributed by atoms with Crippen molar-refractivity contribution in [3.05, 3.63) is 22.8 Å². The molecular weight excluding hydrogens is 300 g/mol. The molecule has 96 valence electrons. The first-order valence-electron chi connectivity index (χ1n) is 5.73. The van der Waals surface area contributed by atoms with Crippen molar-refractivity contribution in [2.45, 2.75) is 24.4 Å². The zero-order valence-corrected chi connectivity index (χ0v) is 12.7. The van der Waals surface area contributed by atoms with Gasteiger partial charge in [-0.15, -0.1) is 11.8 Å². The van der Waals surface area contributed by atoms with Crippen LogP contribution in [0.15, 0.2) is 27.8 Å². The molecule has 1 aromatic heterocycles. The second-order valence-electron chi connectivity index (χ2n) is 3.71. The first-order chi connectivity index (χ1) is 8.27. The van der Waals surface area contributed by atoms with E-state index in [1.165, 1.54) is 0 Å². The van der Waals surface area contributed by atoms with Crippen molar-refractivity contribution in [2.24, 2.45) is 0 Å². The van der Waals surface area contributed by atoms with Crippen LogP contribution in [0.5, 0.6) is 0 Å². The molecule has 0 aromatic carbocycles. The lowest BCUT2D eigenvalue weighted by Crippen LogP contribution is -2.35. The van der Waals surface area contributed by atoms with Crippen LogP contribution in [0.25, 0.3) is 0 Å². The summed E-state index contributed by atoms with van der Waals surface area (Å²) in [6, 6.07) is 4.31. The molecule has 0 saturated carbocycles. The summed E-state index contributed by atoms with van der Waals surface area (Å²) >= 11 is 5.25. The van der Waals surface area contributed by atoms with Gasteiger partial charge in [-0.3, -0.25) is 0 Å². The van der Waals surface area contributed by atoms with E-state index in [1.54, 1.807) is 18.9 Å². The number of halogens is 1. The minimum absolute atomic E-state index is 0.374. The highest BCUT2D eigenvalue weighted by atomic mass is 79.9. The largest absolute Gasteiger partial charge is 0.383 e. The first-order valence-corrected chi connectivity index (χ1v) is 7.51. The molecule has 0 aliphatic carbocycles. The van der Waals surface area contributed by atoms with Crippen LogP contribution in [0, 0.1) is 0 Å². The van der Waals surface area contributed by atoms with Gasteiger partial charge in [0, 0.05) is 29.6 Å². The van der Waals surface area contributed by atoms with Crippen molar-refractivity contribution in [3.63, 3.8) is 0 Å². The van der Waals surface area contributed by atoms with Crippen molar-refractivity contribution >= 4 is 27.7 Å². The molecule has 0 radical (unpaired) electrons. The SMILES string of the molecule is CCCNC(COC)CSc1ncccc1Br. The highest BCUT2D eigenvalue weighted by Gasteiger charge is 2.09. The Labute approximate surface area is 116 Å². The molecule has 0 fully saturated rings. The topological polar surface area (TPSA) is 34.1 Å². The fraction of sp³-hybridized carbons (Fsp3) is 0.583. The minimum atomic E-state index is 0.374. The fourth-order valence-electron chi connectivity index (χ4n) is 1.37. The molecular formula is C12H19BrN2OS. The Hall–Kier alpha value is -0.100. The van der Waals surface area contributed by atoms with E-state index in [0.29, 0.717) is 6.04 Å². The average molecular weight is 319 g/mol. The van der Waals surface area contributed by atoms with E-state index in [9.17, 15) is 0 Å². The number of rotatable bonds is 8. The van der Waals surface area contributed by atoms with Crippen molar-refractivity contribution in [1.29, 1.82) is 0 Å². The maximum Gasteiger partial charge on any atom is 0.110 e. The smallest absolute Gasteiger partial charge is 0.110 e. The van der Waals surface area contributed by atoms with Gasteiger partial charge in [0.25, 0.3) is 0 Å². The number of methoxy groups -OCH3 is 1. The molecule has 1 N–H and O–H groups in total. The van der Waals surface area contributed by atoms with Gasteiger partial charge in [0.05, 0.1) is 6.61 Å². The van der Waals surface area contributed by atoms with E-state index >= 15 is 0 Å². The van der Waals surface area contributed by atoms with E-state index in [1.807, 2.05) is 18.3 Å². The molecule has 0 bridgehead atoms. The molecule has 1 aromatic rings. The van der Waals surface area contributed by atoms with Crippen LogP contribution in [0.1, 0.15) is 13.3 Å². The van der Waals surface area contributed by atoms with Crippen molar-refractivity contribution in [1.82, 2.24) is 10.3 Å². The van der Waals surface area contributed by atoms with Crippen LogP contribution in [0.2, 0.25) is 0 Å². The lowest BCUT2D eigenvalue weighted by Gasteiger charge is -2.17. The van der Waals surface area contributed by atoms with Crippen LogP contribution in [-0.4, -0.2) is 37.0 Å². The predicted octanol–water partition coefficient (Wildman–Crippen LogP) is 2.95. The van der Waals surface area contributed by atoms with Crippen LogP contribution in [0.4, 0.5) is 0 Å². The molecule has 1 atom stereocenters. The van der Waals surface area contributed by atoms with E-state index in [-0.39, 0.29) is 0 Å². The zero-order chi connectivity index (χ0) is 12.5. The summed E-state index contributed by atoms with van der Waals surface area (Å²) in [4.78, 5) is 4.34. The Morgan fingerprint density at radius 1 is 1.59 bits per heavy atom. The van der Waals surface area contributed by atoms with Gasteiger partial charge in [-0.05, 0) is 41.0 Å². The van der Waals surface area contributed by atoms with Gasteiger partial charge in [0.15, 0.2) is 0 Å². The van der Waals surface area contributed by atoms with Crippen LogP contribution in [-0.2, 0) is 4.74 Å². The van der Waals surface area contributed by atoms with Crippen molar-refractivity contribution in [3.8, 4) is 0 Å². The third-order valence-corrected chi connectivity index (χ3v) is 4.27. The molecule has 3 nitrogen and oxygen atoms in total. The molecule has 1 rings (SSSR count). The van der Waals surface area contributed by atoms with Crippen molar-refractivity contribution in [2.75, 3.05) is 26.0 Å². The van der Waals surface area contributed by atoms with Gasteiger partial charge in [0.1, 0.15) is 5.03 Å². The predicted molar refractivity (Wildman–Crippen MR) is 76.6 cm³/mol. The number of nitrogens with one attached hydrogen (secondary N) is 1. The van der Waals surface area contributed by atoms with Crippen LogP contribution < -0.4 is 5.32 Å². The van der Waals surface area contributed by atoms with Crippen LogP contribution >= 0.6 is 27.7 Å². The molecule has 0 spiro atoms. The molecule has 0 saturated heterocycles. The number of nitrogens with zero attached hydrogens (tertiary/aromatic N) is 1. The van der Waals surface area contributed by atoms with E-state index in [4.69, 9.17) is 4.74 Å². The molecule has 0 aliphatic rings. The Bertz CT molecular complexity index is 325. The Kier molecular flexibility index (Phi) is 7.84. The molecule has 1 unspecified atom stereocenters. The quantitative estimate of drug-likeness (QED) is 0.747. The molecule has 0 aliphatic heterocycles. The second kappa shape index (κ2) is 8.91. The summed E-state index contributed by atoms with van der Waals surface area (Å²) < 4.78 is 6.26. The average Bonchev–Trinajstić information content (AvgIpc) is 2.34. The molecule has 17 heavy (non-hydrogen) atoms. The molecule has 1 heterocycles. The number of hydrogen-bond acceptors (Lipinski definition) is 4. The maximum atomic E-state index is 5.21. The highest BCUT2D eigenvalue weighted by molar-refractivity contribution is 9.10. The maximum absolute atomic E-state index is 5.21. The highest BCUT2D eigenvalue weighted by Crippen LogP contribution is 2.24. The first kappa shape index (κ1) is 15.0. The minimum Gasteiger partial charge on any atom is -0.383 e.